The van der Waals surface area contributed by atoms with Crippen molar-refractivity contribution in [3.63, 3.8) is 0 Å². The van der Waals surface area contributed by atoms with Gasteiger partial charge in [0, 0.05) is 57.1 Å². The zero-order valence-electron chi connectivity index (χ0n) is 14.3. The van der Waals surface area contributed by atoms with Gasteiger partial charge in [0.2, 0.25) is 5.91 Å². The van der Waals surface area contributed by atoms with Crippen LogP contribution in [0.15, 0.2) is 18.3 Å². The van der Waals surface area contributed by atoms with Crippen LogP contribution in [0.3, 0.4) is 0 Å². The summed E-state index contributed by atoms with van der Waals surface area (Å²) in [5.41, 5.74) is 1.49. The molecule has 0 saturated carbocycles. The van der Waals surface area contributed by atoms with Gasteiger partial charge in [0.15, 0.2) is 0 Å². The number of hydrogen-bond acceptors (Lipinski definition) is 4. The highest BCUT2D eigenvalue weighted by Gasteiger charge is 2.26. The lowest BCUT2D eigenvalue weighted by Gasteiger charge is -2.29. The molecule has 1 unspecified atom stereocenters. The summed E-state index contributed by atoms with van der Waals surface area (Å²) in [6.45, 7) is 6.04. The van der Waals surface area contributed by atoms with Gasteiger partial charge in [-0.2, -0.15) is 0 Å². The van der Waals surface area contributed by atoms with Gasteiger partial charge in [-0.05, 0) is 38.3 Å². The molecule has 0 radical (unpaired) electrons. The maximum absolute atomic E-state index is 12.8. The second kappa shape index (κ2) is 7.75. The molecule has 2 aliphatic heterocycles. The number of amides is 2. The van der Waals surface area contributed by atoms with Crippen LogP contribution in [0.4, 0.5) is 0 Å². The van der Waals surface area contributed by atoms with E-state index >= 15 is 0 Å². The number of pyridine rings is 1. The molecule has 2 amide bonds. The number of rotatable bonds is 2. The van der Waals surface area contributed by atoms with Gasteiger partial charge in [-0.3, -0.25) is 19.5 Å². The summed E-state index contributed by atoms with van der Waals surface area (Å²) in [6.07, 6.45) is 5.22. The molecule has 2 saturated heterocycles. The van der Waals surface area contributed by atoms with Crippen LogP contribution in [-0.4, -0.2) is 65.4 Å². The highest BCUT2D eigenvalue weighted by atomic mass is 16.2. The van der Waals surface area contributed by atoms with Crippen molar-refractivity contribution in [2.24, 2.45) is 0 Å². The number of aromatic nitrogens is 1. The number of carbonyl (C=O) groups excluding carboxylic acids is 2. The monoisotopic (exact) mass is 330 g/mol. The zero-order valence-corrected chi connectivity index (χ0v) is 14.3. The van der Waals surface area contributed by atoms with Crippen LogP contribution in [0.2, 0.25) is 0 Å². The molecule has 6 heteroatoms. The summed E-state index contributed by atoms with van der Waals surface area (Å²) < 4.78 is 0. The molecule has 1 aromatic heterocycles. The number of aryl methyl sites for hydroxylation is 1. The molecule has 24 heavy (non-hydrogen) atoms. The first-order valence-electron chi connectivity index (χ1n) is 8.87. The summed E-state index contributed by atoms with van der Waals surface area (Å²) in [4.78, 5) is 32.9. The third kappa shape index (κ3) is 3.93. The Kier molecular flexibility index (Phi) is 5.45. The molecule has 130 valence electrons. The summed E-state index contributed by atoms with van der Waals surface area (Å²) in [5, 5.41) is 2.95. The maximum atomic E-state index is 12.8. The molecular weight excluding hydrogens is 304 g/mol. The van der Waals surface area contributed by atoms with Crippen LogP contribution in [0.5, 0.6) is 0 Å². The summed E-state index contributed by atoms with van der Waals surface area (Å²) in [5.74, 6) is 0.247. The molecule has 0 spiro atoms. The van der Waals surface area contributed by atoms with Crippen molar-refractivity contribution in [1.82, 2.24) is 20.1 Å². The minimum absolute atomic E-state index is 0.0835. The molecule has 0 aromatic carbocycles. The Morgan fingerprint density at radius 1 is 1.25 bits per heavy atom. The lowest BCUT2D eigenvalue weighted by Crippen LogP contribution is -2.40. The van der Waals surface area contributed by atoms with Crippen LogP contribution in [0.1, 0.15) is 41.7 Å². The van der Waals surface area contributed by atoms with Gasteiger partial charge in [-0.15, -0.1) is 0 Å². The smallest absolute Gasteiger partial charge is 0.255 e. The molecule has 1 aromatic rings. The first kappa shape index (κ1) is 16.9. The van der Waals surface area contributed by atoms with Crippen LogP contribution < -0.4 is 5.32 Å². The Morgan fingerprint density at radius 3 is 2.96 bits per heavy atom. The van der Waals surface area contributed by atoms with Crippen LogP contribution >= 0.6 is 0 Å². The Morgan fingerprint density at radius 2 is 2.12 bits per heavy atom. The van der Waals surface area contributed by atoms with Crippen molar-refractivity contribution >= 4 is 11.8 Å². The number of nitrogens with zero attached hydrogens (tertiary/aromatic N) is 3. The van der Waals surface area contributed by atoms with Gasteiger partial charge < -0.3 is 10.2 Å². The Bertz CT molecular complexity index is 604. The predicted molar refractivity (Wildman–Crippen MR) is 91.7 cm³/mol. The number of carbonyl (C=O) groups is 2. The molecule has 0 bridgehead atoms. The SMILES string of the molecule is Cc1ncccc1C(=O)N1CCCN(C2CCNC(=O)CC2)CC1. The maximum Gasteiger partial charge on any atom is 0.255 e. The van der Waals surface area contributed by atoms with Gasteiger partial charge in [0.05, 0.1) is 5.56 Å². The van der Waals surface area contributed by atoms with Gasteiger partial charge in [0.1, 0.15) is 0 Å². The molecule has 1 N–H and O–H groups in total. The van der Waals surface area contributed by atoms with Gasteiger partial charge in [0.25, 0.3) is 5.91 Å². The molecule has 2 fully saturated rings. The third-order valence-corrected chi connectivity index (χ3v) is 5.08. The van der Waals surface area contributed by atoms with E-state index in [1.165, 1.54) is 0 Å². The van der Waals surface area contributed by atoms with E-state index in [9.17, 15) is 9.59 Å². The van der Waals surface area contributed by atoms with E-state index in [1.54, 1.807) is 6.20 Å². The quantitative estimate of drug-likeness (QED) is 0.885. The van der Waals surface area contributed by atoms with E-state index in [4.69, 9.17) is 0 Å². The van der Waals surface area contributed by atoms with Crippen LogP contribution in [-0.2, 0) is 4.79 Å². The fraction of sp³-hybridized carbons (Fsp3) is 0.611. The molecule has 6 nitrogen and oxygen atoms in total. The molecule has 2 aliphatic rings. The van der Waals surface area contributed by atoms with Crippen molar-refractivity contribution in [3.8, 4) is 0 Å². The average Bonchev–Trinajstić information content (AvgIpc) is 2.95. The fourth-order valence-corrected chi connectivity index (χ4v) is 3.66. The van der Waals surface area contributed by atoms with E-state index in [1.807, 2.05) is 24.0 Å². The van der Waals surface area contributed by atoms with E-state index in [-0.39, 0.29) is 11.8 Å². The van der Waals surface area contributed by atoms with Crippen LogP contribution in [0, 0.1) is 6.92 Å². The van der Waals surface area contributed by atoms with Crippen molar-refractivity contribution in [3.05, 3.63) is 29.6 Å². The Labute approximate surface area is 143 Å². The highest BCUT2D eigenvalue weighted by Crippen LogP contribution is 2.18. The molecular formula is C18H26N4O2. The highest BCUT2D eigenvalue weighted by molar-refractivity contribution is 5.95. The summed E-state index contributed by atoms with van der Waals surface area (Å²) in [6, 6.07) is 4.12. The summed E-state index contributed by atoms with van der Waals surface area (Å²) >= 11 is 0. The van der Waals surface area contributed by atoms with Crippen molar-refractivity contribution in [2.75, 3.05) is 32.7 Å². The molecule has 3 heterocycles. The molecule has 3 rings (SSSR count). The summed E-state index contributed by atoms with van der Waals surface area (Å²) in [7, 11) is 0. The van der Waals surface area contributed by atoms with Crippen molar-refractivity contribution in [1.29, 1.82) is 0 Å². The van der Waals surface area contributed by atoms with Gasteiger partial charge >= 0.3 is 0 Å². The van der Waals surface area contributed by atoms with E-state index in [0.29, 0.717) is 18.0 Å². The standard InChI is InChI=1S/C18H26N4O2/c1-14-16(4-2-8-19-14)18(24)22-11-3-10-21(12-13-22)15-5-6-17(23)20-9-7-15/h2,4,8,15H,3,5-7,9-13H2,1H3,(H,20,23). The van der Waals surface area contributed by atoms with Crippen molar-refractivity contribution < 1.29 is 9.59 Å². The van der Waals surface area contributed by atoms with Gasteiger partial charge in [-0.1, -0.05) is 0 Å². The molecule has 0 aliphatic carbocycles. The average molecular weight is 330 g/mol. The third-order valence-electron chi connectivity index (χ3n) is 5.08. The van der Waals surface area contributed by atoms with E-state index in [0.717, 1.165) is 57.7 Å². The minimum atomic E-state index is 0.0835. The van der Waals surface area contributed by atoms with Gasteiger partial charge in [-0.25, -0.2) is 0 Å². The van der Waals surface area contributed by atoms with Crippen LogP contribution in [0.25, 0.3) is 0 Å². The van der Waals surface area contributed by atoms with Crippen molar-refractivity contribution in [2.45, 2.75) is 38.6 Å². The normalized spacial score (nSPS) is 23.3. The number of hydrogen-bond donors (Lipinski definition) is 1. The first-order chi connectivity index (χ1) is 11.6. The second-order valence-corrected chi connectivity index (χ2v) is 6.65. The lowest BCUT2D eigenvalue weighted by molar-refractivity contribution is -0.120. The number of nitrogens with one attached hydrogen (secondary N) is 1. The lowest BCUT2D eigenvalue weighted by atomic mass is 10.1. The molecule has 1 atom stereocenters. The predicted octanol–water partition coefficient (Wildman–Crippen LogP) is 1.21. The van der Waals surface area contributed by atoms with E-state index in [2.05, 4.69) is 15.2 Å². The Balaban J connectivity index is 1.61. The Hall–Kier alpha value is -1.95. The largest absolute Gasteiger partial charge is 0.356 e. The van der Waals surface area contributed by atoms with E-state index < -0.39 is 0 Å². The zero-order chi connectivity index (χ0) is 16.9. The topological polar surface area (TPSA) is 65.5 Å². The minimum Gasteiger partial charge on any atom is -0.356 e. The first-order valence-corrected chi connectivity index (χ1v) is 8.87. The fourth-order valence-electron chi connectivity index (χ4n) is 3.66. The second-order valence-electron chi connectivity index (χ2n) is 6.65.